The van der Waals surface area contributed by atoms with Crippen molar-refractivity contribution in [3.63, 3.8) is 0 Å². The Labute approximate surface area is 166 Å². The van der Waals surface area contributed by atoms with Crippen molar-refractivity contribution in [3.05, 3.63) is 85.8 Å². The third-order valence-electron chi connectivity index (χ3n) is 5.08. The number of fused-ring (bicyclic) bond motifs is 2. The van der Waals surface area contributed by atoms with E-state index < -0.39 is 11.0 Å². The van der Waals surface area contributed by atoms with Crippen molar-refractivity contribution in [2.75, 3.05) is 27.2 Å². The summed E-state index contributed by atoms with van der Waals surface area (Å²) >= 11 is 0. The summed E-state index contributed by atoms with van der Waals surface area (Å²) < 4.78 is 5.84. The van der Waals surface area contributed by atoms with Gasteiger partial charge in [-0.3, -0.25) is 19.7 Å². The molecule has 148 valence electrons. The first-order valence-electron chi connectivity index (χ1n) is 9.14. The minimum Gasteiger partial charge on any atom is -0.450 e. The summed E-state index contributed by atoms with van der Waals surface area (Å²) in [5.74, 6) is -0.316. The maximum atomic E-state index is 13.3. The monoisotopic (exact) mass is 393 g/mol. The first-order chi connectivity index (χ1) is 13.9. The highest BCUT2D eigenvalue weighted by Crippen LogP contribution is 2.38. The molecule has 0 unspecified atom stereocenters. The highest BCUT2D eigenvalue weighted by molar-refractivity contribution is 5.99. The molecule has 1 aromatic heterocycles. The fraction of sp³-hybridized carbons (Fsp3) is 0.238. The molecule has 1 amide bonds. The molecule has 0 N–H and O–H groups in total. The fourth-order valence-electron chi connectivity index (χ4n) is 3.63. The molecule has 0 fully saturated rings. The molecule has 2 heterocycles. The van der Waals surface area contributed by atoms with Gasteiger partial charge in [-0.15, -0.1) is 0 Å². The van der Waals surface area contributed by atoms with Gasteiger partial charge in [-0.25, -0.2) is 0 Å². The van der Waals surface area contributed by atoms with Gasteiger partial charge in [0.1, 0.15) is 5.58 Å². The van der Waals surface area contributed by atoms with Crippen molar-refractivity contribution in [3.8, 4) is 0 Å². The highest BCUT2D eigenvalue weighted by Gasteiger charge is 2.42. The van der Waals surface area contributed by atoms with E-state index in [1.165, 1.54) is 12.1 Å². The van der Waals surface area contributed by atoms with Gasteiger partial charge >= 0.3 is 0 Å². The van der Waals surface area contributed by atoms with Crippen LogP contribution >= 0.6 is 0 Å². The summed E-state index contributed by atoms with van der Waals surface area (Å²) in [6.45, 7) is 0.977. The Morgan fingerprint density at radius 2 is 1.79 bits per heavy atom. The molecule has 1 aliphatic heterocycles. The lowest BCUT2D eigenvalue weighted by atomic mass is 9.98. The topological polar surface area (TPSA) is 96.9 Å². The molecule has 0 spiro atoms. The van der Waals surface area contributed by atoms with E-state index in [-0.39, 0.29) is 28.3 Å². The lowest BCUT2D eigenvalue weighted by Crippen LogP contribution is -2.35. The van der Waals surface area contributed by atoms with Crippen LogP contribution < -0.4 is 5.43 Å². The number of nitro groups is 1. The van der Waals surface area contributed by atoms with E-state index in [0.29, 0.717) is 29.6 Å². The van der Waals surface area contributed by atoms with Gasteiger partial charge in [0.05, 0.1) is 21.9 Å². The van der Waals surface area contributed by atoms with Crippen LogP contribution in [0.3, 0.4) is 0 Å². The Bertz CT molecular complexity index is 1170. The second kappa shape index (κ2) is 7.14. The summed E-state index contributed by atoms with van der Waals surface area (Å²) in [5.41, 5.74) is 0.960. The summed E-state index contributed by atoms with van der Waals surface area (Å²) in [6.07, 6.45) is 0. The average Bonchev–Trinajstić information content (AvgIpc) is 2.99. The number of carbonyl (C=O) groups excluding carboxylic acids is 1. The van der Waals surface area contributed by atoms with Crippen LogP contribution in [-0.2, 0) is 0 Å². The van der Waals surface area contributed by atoms with Crippen LogP contribution in [0.15, 0.2) is 57.7 Å². The highest BCUT2D eigenvalue weighted by atomic mass is 16.6. The number of nitrogens with zero attached hydrogens (tertiary/aromatic N) is 3. The zero-order valence-electron chi connectivity index (χ0n) is 16.0. The smallest absolute Gasteiger partial charge is 0.290 e. The van der Waals surface area contributed by atoms with E-state index in [9.17, 15) is 19.7 Å². The van der Waals surface area contributed by atoms with Gasteiger partial charge in [0.2, 0.25) is 5.76 Å². The molecule has 8 heteroatoms. The van der Waals surface area contributed by atoms with Gasteiger partial charge in [0.25, 0.3) is 11.6 Å². The van der Waals surface area contributed by atoms with E-state index >= 15 is 0 Å². The van der Waals surface area contributed by atoms with Gasteiger partial charge in [0, 0.05) is 25.2 Å². The molecule has 0 bridgehead atoms. The van der Waals surface area contributed by atoms with Crippen molar-refractivity contribution in [1.82, 2.24) is 9.80 Å². The van der Waals surface area contributed by atoms with Crippen LogP contribution in [0.2, 0.25) is 0 Å². The number of nitro benzene ring substituents is 1. The Hall–Kier alpha value is -3.52. The van der Waals surface area contributed by atoms with Gasteiger partial charge in [-0.05, 0) is 43.9 Å². The molecule has 0 radical (unpaired) electrons. The van der Waals surface area contributed by atoms with Gasteiger partial charge in [-0.1, -0.05) is 12.1 Å². The Balaban J connectivity index is 1.90. The van der Waals surface area contributed by atoms with Crippen LogP contribution in [0.25, 0.3) is 11.0 Å². The molecule has 1 aliphatic rings. The molecule has 0 aliphatic carbocycles. The van der Waals surface area contributed by atoms with Crippen molar-refractivity contribution in [2.45, 2.75) is 6.04 Å². The predicted octanol–water partition coefficient (Wildman–Crippen LogP) is 2.81. The number of amides is 1. The third kappa shape index (κ3) is 3.17. The molecule has 0 saturated heterocycles. The molecule has 8 nitrogen and oxygen atoms in total. The van der Waals surface area contributed by atoms with Crippen LogP contribution in [0.1, 0.15) is 27.7 Å². The number of rotatable bonds is 5. The van der Waals surface area contributed by atoms with Crippen molar-refractivity contribution in [2.24, 2.45) is 0 Å². The number of likely N-dealkylation sites (N-methyl/N-ethyl adjacent to an activating group) is 1. The Morgan fingerprint density at radius 1 is 1.10 bits per heavy atom. The van der Waals surface area contributed by atoms with Crippen LogP contribution in [0.4, 0.5) is 5.69 Å². The van der Waals surface area contributed by atoms with E-state index in [0.717, 1.165) is 0 Å². The van der Waals surface area contributed by atoms with Gasteiger partial charge in [0.15, 0.2) is 5.43 Å². The summed E-state index contributed by atoms with van der Waals surface area (Å²) in [4.78, 5) is 40.4. The SMILES string of the molecule is CN(C)CCN1C(=O)c2oc3ccccc3c(=O)c2[C@@H]1c1ccc([N+](=O)[O-])cc1. The molecule has 29 heavy (non-hydrogen) atoms. The quantitative estimate of drug-likeness (QED) is 0.488. The normalized spacial score (nSPS) is 15.9. The van der Waals surface area contributed by atoms with Crippen LogP contribution in [-0.4, -0.2) is 47.8 Å². The van der Waals surface area contributed by atoms with Crippen molar-refractivity contribution >= 4 is 22.6 Å². The molecule has 3 aromatic rings. The number of benzene rings is 2. The number of para-hydroxylation sites is 1. The van der Waals surface area contributed by atoms with Gasteiger partial charge < -0.3 is 14.2 Å². The third-order valence-corrected chi connectivity index (χ3v) is 5.08. The van der Waals surface area contributed by atoms with Crippen molar-refractivity contribution in [1.29, 1.82) is 0 Å². The lowest BCUT2D eigenvalue weighted by Gasteiger charge is -2.26. The van der Waals surface area contributed by atoms with Crippen LogP contribution in [0.5, 0.6) is 0 Å². The largest absolute Gasteiger partial charge is 0.450 e. The fourth-order valence-corrected chi connectivity index (χ4v) is 3.63. The molecule has 4 rings (SSSR count). The summed E-state index contributed by atoms with van der Waals surface area (Å²) in [5, 5.41) is 11.4. The number of hydrogen-bond acceptors (Lipinski definition) is 6. The molecule has 0 saturated carbocycles. The average molecular weight is 393 g/mol. The Morgan fingerprint density at radius 3 is 2.45 bits per heavy atom. The maximum Gasteiger partial charge on any atom is 0.290 e. The number of carbonyl (C=O) groups is 1. The van der Waals surface area contributed by atoms with E-state index in [1.54, 1.807) is 41.3 Å². The zero-order chi connectivity index (χ0) is 20.7. The van der Waals surface area contributed by atoms with E-state index in [2.05, 4.69) is 0 Å². The lowest BCUT2D eigenvalue weighted by molar-refractivity contribution is -0.384. The van der Waals surface area contributed by atoms with Crippen LogP contribution in [0, 0.1) is 10.1 Å². The molecule has 2 aromatic carbocycles. The van der Waals surface area contributed by atoms with E-state index in [4.69, 9.17) is 4.42 Å². The first kappa shape index (κ1) is 18.8. The second-order valence-corrected chi connectivity index (χ2v) is 7.22. The summed E-state index contributed by atoms with van der Waals surface area (Å²) in [6, 6.07) is 12.1. The Kier molecular flexibility index (Phi) is 4.63. The predicted molar refractivity (Wildman–Crippen MR) is 107 cm³/mol. The van der Waals surface area contributed by atoms with Crippen molar-refractivity contribution < 1.29 is 14.1 Å². The van der Waals surface area contributed by atoms with E-state index in [1.807, 2.05) is 19.0 Å². The number of non-ortho nitro benzene ring substituents is 1. The molecular weight excluding hydrogens is 374 g/mol. The molecule has 1 atom stereocenters. The summed E-state index contributed by atoms with van der Waals surface area (Å²) in [7, 11) is 3.79. The van der Waals surface area contributed by atoms with Gasteiger partial charge in [-0.2, -0.15) is 0 Å². The maximum absolute atomic E-state index is 13.3. The second-order valence-electron chi connectivity index (χ2n) is 7.22. The molecular formula is C21H19N3O5. The minimum atomic E-state index is -0.654. The zero-order valence-corrected chi connectivity index (χ0v) is 16.0. The standard InChI is InChI=1S/C21H19N3O5/c1-22(2)11-12-23-18(13-7-9-14(10-8-13)24(27)28)17-19(25)15-5-3-4-6-16(15)29-20(17)21(23)26/h3-10,18H,11-12H2,1-2H3/t18-/m0/s1. The minimum absolute atomic E-state index is 0.0378. The number of hydrogen-bond donors (Lipinski definition) is 0. The first-order valence-corrected chi connectivity index (χ1v) is 9.14.